The molecule has 1 aliphatic rings. The van der Waals surface area contributed by atoms with Crippen molar-refractivity contribution in [2.24, 2.45) is 0 Å². The maximum absolute atomic E-state index is 14.2. The van der Waals surface area contributed by atoms with Gasteiger partial charge >= 0.3 is 0 Å². The van der Waals surface area contributed by atoms with Gasteiger partial charge in [-0.25, -0.2) is 12.8 Å². The van der Waals surface area contributed by atoms with Crippen LogP contribution in [0, 0.1) is 5.82 Å². The van der Waals surface area contributed by atoms with Crippen LogP contribution in [0.4, 0.5) is 10.1 Å². The van der Waals surface area contributed by atoms with E-state index in [2.05, 4.69) is 5.32 Å². The third-order valence-electron chi connectivity index (χ3n) is 7.22. The average molecular weight is 667 g/mol. The van der Waals surface area contributed by atoms with Crippen molar-refractivity contribution in [3.63, 3.8) is 0 Å². The van der Waals surface area contributed by atoms with E-state index < -0.39 is 34.3 Å². The molecule has 0 saturated carbocycles. The Hall–Kier alpha value is -3.54. The molecular weight excluding hydrogens is 632 g/mol. The quantitative estimate of drug-likeness (QED) is 0.261. The van der Waals surface area contributed by atoms with Crippen molar-refractivity contribution in [3.05, 3.63) is 82.1 Å². The molecule has 1 heterocycles. The topological polar surface area (TPSA) is 105 Å². The van der Waals surface area contributed by atoms with Gasteiger partial charge in [0.15, 0.2) is 11.5 Å². The van der Waals surface area contributed by atoms with Gasteiger partial charge in [0, 0.05) is 18.7 Å². The standard InChI is InChI=1S/C31H34Cl2FN3O6S/c1-4-20(3)35-31(39)27(5-2)36(18-21-6-12-25(32)26(33)16-21)30(38)19-37(23-9-7-22(34)8-10-23)44(40,41)24-11-13-28-29(17-24)43-15-14-42-28/h6-13,16-17,20,27H,4-5,14-15,18-19H2,1-3H3,(H,35,39)/t20-,27-/m1/s1. The first-order chi connectivity index (χ1) is 20.9. The van der Waals surface area contributed by atoms with Crippen molar-refractivity contribution >= 4 is 50.7 Å². The Morgan fingerprint density at radius 1 is 0.932 bits per heavy atom. The van der Waals surface area contributed by atoms with E-state index in [1.165, 1.54) is 35.2 Å². The Morgan fingerprint density at radius 3 is 2.25 bits per heavy atom. The van der Waals surface area contributed by atoms with Crippen molar-refractivity contribution in [3.8, 4) is 11.5 Å². The number of sulfonamides is 1. The van der Waals surface area contributed by atoms with Gasteiger partial charge in [0.2, 0.25) is 11.8 Å². The zero-order valence-electron chi connectivity index (χ0n) is 24.6. The van der Waals surface area contributed by atoms with E-state index in [0.29, 0.717) is 29.4 Å². The van der Waals surface area contributed by atoms with Gasteiger partial charge in [-0.1, -0.05) is 43.1 Å². The fraction of sp³-hybridized carbons (Fsp3) is 0.355. The molecule has 3 aromatic carbocycles. The molecule has 0 fully saturated rings. The minimum Gasteiger partial charge on any atom is -0.486 e. The molecule has 236 valence electrons. The van der Waals surface area contributed by atoms with Gasteiger partial charge in [-0.15, -0.1) is 0 Å². The van der Waals surface area contributed by atoms with E-state index in [1.54, 1.807) is 25.1 Å². The molecule has 4 rings (SSSR count). The molecule has 0 saturated heterocycles. The molecule has 1 N–H and O–H groups in total. The van der Waals surface area contributed by atoms with Gasteiger partial charge < -0.3 is 19.7 Å². The first-order valence-corrected chi connectivity index (χ1v) is 16.4. The Labute approximate surface area is 266 Å². The molecule has 1 aliphatic heterocycles. The Morgan fingerprint density at radius 2 is 1.61 bits per heavy atom. The van der Waals surface area contributed by atoms with Crippen LogP contribution in [0.1, 0.15) is 39.2 Å². The SMILES string of the molecule is CC[C@@H](C)NC(=O)[C@@H](CC)N(Cc1ccc(Cl)c(Cl)c1)C(=O)CN(c1ccc(F)cc1)S(=O)(=O)c1ccc2c(c1)OCCO2. The van der Waals surface area contributed by atoms with Gasteiger partial charge in [0.05, 0.1) is 20.6 Å². The number of benzene rings is 3. The number of rotatable bonds is 12. The summed E-state index contributed by atoms with van der Waals surface area (Å²) in [7, 11) is -4.40. The highest BCUT2D eigenvalue weighted by molar-refractivity contribution is 7.92. The first kappa shape index (κ1) is 33.4. The van der Waals surface area contributed by atoms with Crippen LogP contribution in [-0.4, -0.2) is 57.0 Å². The molecule has 9 nitrogen and oxygen atoms in total. The Balaban J connectivity index is 1.75. The highest BCUT2D eigenvalue weighted by atomic mass is 35.5. The smallest absolute Gasteiger partial charge is 0.264 e. The van der Waals surface area contributed by atoms with Crippen LogP contribution in [0.25, 0.3) is 0 Å². The summed E-state index contributed by atoms with van der Waals surface area (Å²) < 4.78 is 54.1. The van der Waals surface area contributed by atoms with E-state index in [0.717, 1.165) is 16.4 Å². The number of hydrogen-bond donors (Lipinski definition) is 1. The van der Waals surface area contributed by atoms with Crippen molar-refractivity contribution < 1.29 is 31.9 Å². The predicted molar refractivity (Wildman–Crippen MR) is 167 cm³/mol. The maximum atomic E-state index is 14.2. The van der Waals surface area contributed by atoms with E-state index >= 15 is 0 Å². The highest BCUT2D eigenvalue weighted by Gasteiger charge is 2.34. The summed E-state index contributed by atoms with van der Waals surface area (Å²) in [6, 6.07) is 12.7. The Kier molecular flexibility index (Phi) is 11.0. The number of hydrogen-bond acceptors (Lipinski definition) is 6. The van der Waals surface area contributed by atoms with E-state index in [4.69, 9.17) is 32.7 Å². The number of ether oxygens (including phenoxy) is 2. The summed E-state index contributed by atoms with van der Waals surface area (Å²) in [5, 5.41) is 3.51. The average Bonchev–Trinajstić information content (AvgIpc) is 3.01. The molecule has 13 heteroatoms. The lowest BCUT2D eigenvalue weighted by Crippen LogP contribution is -2.53. The molecule has 3 aromatic rings. The highest BCUT2D eigenvalue weighted by Crippen LogP contribution is 2.34. The van der Waals surface area contributed by atoms with Gasteiger partial charge in [0.1, 0.15) is 31.6 Å². The monoisotopic (exact) mass is 665 g/mol. The second kappa shape index (κ2) is 14.5. The van der Waals surface area contributed by atoms with Gasteiger partial charge in [-0.05, 0) is 73.9 Å². The van der Waals surface area contributed by atoms with Gasteiger partial charge in [-0.2, -0.15) is 0 Å². The number of carbonyl (C=O) groups is 2. The number of nitrogens with zero attached hydrogens (tertiary/aromatic N) is 2. The molecule has 0 aliphatic carbocycles. The number of amides is 2. The van der Waals surface area contributed by atoms with E-state index in [-0.39, 0.29) is 52.9 Å². The minimum atomic E-state index is -4.40. The summed E-state index contributed by atoms with van der Waals surface area (Å²) in [5.74, 6) is -0.973. The van der Waals surface area contributed by atoms with Gasteiger partial charge in [-0.3, -0.25) is 13.9 Å². The van der Waals surface area contributed by atoms with Crippen LogP contribution >= 0.6 is 23.2 Å². The summed E-state index contributed by atoms with van der Waals surface area (Å²) in [6.45, 7) is 5.38. The van der Waals surface area contributed by atoms with E-state index in [9.17, 15) is 22.4 Å². The minimum absolute atomic E-state index is 0.0521. The molecule has 2 atom stereocenters. The molecule has 0 spiro atoms. The molecular formula is C31H34Cl2FN3O6S. The molecule has 2 amide bonds. The van der Waals surface area contributed by atoms with Crippen LogP contribution in [0.5, 0.6) is 11.5 Å². The molecule has 44 heavy (non-hydrogen) atoms. The fourth-order valence-electron chi connectivity index (χ4n) is 4.64. The largest absolute Gasteiger partial charge is 0.486 e. The molecule has 0 bridgehead atoms. The van der Waals surface area contributed by atoms with E-state index in [1.807, 2.05) is 13.8 Å². The number of halogens is 3. The Bertz CT molecular complexity index is 1610. The summed E-state index contributed by atoms with van der Waals surface area (Å²) in [6.07, 6.45) is 0.926. The molecule has 0 aromatic heterocycles. The van der Waals surface area contributed by atoms with Crippen LogP contribution in [-0.2, 0) is 26.2 Å². The molecule has 0 unspecified atom stereocenters. The maximum Gasteiger partial charge on any atom is 0.264 e. The first-order valence-electron chi connectivity index (χ1n) is 14.2. The number of anilines is 1. The van der Waals surface area contributed by atoms with Crippen molar-refractivity contribution in [1.82, 2.24) is 10.2 Å². The summed E-state index contributed by atoms with van der Waals surface area (Å²) in [5.41, 5.74) is 0.645. The third-order valence-corrected chi connectivity index (χ3v) is 9.73. The fourth-order valence-corrected chi connectivity index (χ4v) is 6.39. The number of fused-ring (bicyclic) bond motifs is 1. The molecule has 0 radical (unpaired) electrons. The number of carbonyl (C=O) groups excluding carboxylic acids is 2. The lowest BCUT2D eigenvalue weighted by atomic mass is 10.1. The number of nitrogens with one attached hydrogen (secondary N) is 1. The van der Waals surface area contributed by atoms with Crippen LogP contribution in [0.15, 0.2) is 65.6 Å². The predicted octanol–water partition coefficient (Wildman–Crippen LogP) is 5.82. The van der Waals surface area contributed by atoms with Crippen LogP contribution in [0.2, 0.25) is 10.0 Å². The van der Waals surface area contributed by atoms with Crippen molar-refractivity contribution in [2.75, 3.05) is 24.1 Å². The zero-order valence-corrected chi connectivity index (χ0v) is 26.9. The second-order valence-corrected chi connectivity index (χ2v) is 13.0. The summed E-state index contributed by atoms with van der Waals surface area (Å²) >= 11 is 12.3. The van der Waals surface area contributed by atoms with Gasteiger partial charge in [0.25, 0.3) is 10.0 Å². The lowest BCUT2D eigenvalue weighted by Gasteiger charge is -2.34. The normalized spacial score (nSPS) is 14.0. The van der Waals surface area contributed by atoms with Crippen LogP contribution in [0.3, 0.4) is 0 Å². The zero-order chi connectivity index (χ0) is 32.0. The summed E-state index contributed by atoms with van der Waals surface area (Å²) in [4.78, 5) is 28.8. The third kappa shape index (κ3) is 7.75. The van der Waals surface area contributed by atoms with Crippen molar-refractivity contribution in [1.29, 1.82) is 0 Å². The second-order valence-electron chi connectivity index (χ2n) is 10.3. The van der Waals surface area contributed by atoms with Crippen LogP contribution < -0.4 is 19.1 Å². The lowest BCUT2D eigenvalue weighted by molar-refractivity contribution is -0.140. The van der Waals surface area contributed by atoms with Crippen molar-refractivity contribution in [2.45, 2.75) is 57.1 Å².